The van der Waals surface area contributed by atoms with E-state index in [2.05, 4.69) is 26.0 Å². The topological polar surface area (TPSA) is 9.23 Å². The van der Waals surface area contributed by atoms with Crippen molar-refractivity contribution in [3.63, 3.8) is 0 Å². The average molecular weight is 253 g/mol. The van der Waals surface area contributed by atoms with Crippen molar-refractivity contribution < 1.29 is 4.74 Å². The normalized spacial score (nSPS) is 10.4. The molecular weight excluding hydrogens is 232 g/mol. The summed E-state index contributed by atoms with van der Waals surface area (Å²) in [6.45, 7) is 4.42. The fourth-order valence-electron chi connectivity index (χ4n) is 2.28. The van der Waals surface area contributed by atoms with Crippen LogP contribution >= 0.6 is 0 Å². The van der Waals surface area contributed by atoms with Crippen molar-refractivity contribution in [1.29, 1.82) is 0 Å². The van der Waals surface area contributed by atoms with E-state index in [1.807, 2.05) is 36.4 Å². The standard InChI is InChI=1S/C18H21O/c1-3-9-15-11-8-14-18(17(15)10-4-2)19-16-12-6-5-7-13-16/h5-8,11-13H,3-4,9-10H2,1-2H3. The van der Waals surface area contributed by atoms with Gasteiger partial charge in [-0.05, 0) is 36.1 Å². The average Bonchev–Trinajstić information content (AvgIpc) is 2.44. The minimum atomic E-state index is 0.879. The molecule has 0 spiro atoms. The Morgan fingerprint density at radius 1 is 0.947 bits per heavy atom. The van der Waals surface area contributed by atoms with Gasteiger partial charge < -0.3 is 4.74 Å². The lowest BCUT2D eigenvalue weighted by atomic mass is 9.98. The zero-order valence-electron chi connectivity index (χ0n) is 11.8. The van der Waals surface area contributed by atoms with Crippen molar-refractivity contribution in [1.82, 2.24) is 0 Å². The van der Waals surface area contributed by atoms with Crippen molar-refractivity contribution >= 4 is 0 Å². The van der Waals surface area contributed by atoms with Gasteiger partial charge in [0.2, 0.25) is 0 Å². The van der Waals surface area contributed by atoms with Crippen LogP contribution in [0.1, 0.15) is 37.8 Å². The smallest absolute Gasteiger partial charge is 0.138 e. The van der Waals surface area contributed by atoms with Crippen molar-refractivity contribution in [3.05, 3.63) is 59.7 Å². The summed E-state index contributed by atoms with van der Waals surface area (Å²) in [4.78, 5) is 0. The van der Waals surface area contributed by atoms with E-state index in [4.69, 9.17) is 4.74 Å². The van der Waals surface area contributed by atoms with E-state index in [0.717, 1.165) is 37.2 Å². The Labute approximate surface area is 116 Å². The Balaban J connectivity index is 2.30. The molecule has 0 N–H and O–H groups in total. The van der Waals surface area contributed by atoms with Gasteiger partial charge >= 0.3 is 0 Å². The first-order valence-electron chi connectivity index (χ1n) is 7.10. The summed E-state index contributed by atoms with van der Waals surface area (Å²) in [5.41, 5.74) is 2.71. The van der Waals surface area contributed by atoms with E-state index in [-0.39, 0.29) is 0 Å². The van der Waals surface area contributed by atoms with Crippen LogP contribution in [0.5, 0.6) is 11.5 Å². The van der Waals surface area contributed by atoms with Gasteiger partial charge in [-0.2, -0.15) is 0 Å². The summed E-state index contributed by atoms with van der Waals surface area (Å²) in [6.07, 6.45) is 4.44. The molecule has 2 rings (SSSR count). The monoisotopic (exact) mass is 253 g/mol. The number of hydrogen-bond donors (Lipinski definition) is 0. The predicted molar refractivity (Wildman–Crippen MR) is 79.8 cm³/mol. The quantitative estimate of drug-likeness (QED) is 0.689. The van der Waals surface area contributed by atoms with Crippen LogP contribution in [-0.2, 0) is 12.8 Å². The van der Waals surface area contributed by atoms with Crippen molar-refractivity contribution in [2.75, 3.05) is 0 Å². The van der Waals surface area contributed by atoms with Crippen molar-refractivity contribution in [3.8, 4) is 11.5 Å². The first kappa shape index (κ1) is 13.7. The zero-order valence-corrected chi connectivity index (χ0v) is 11.8. The van der Waals surface area contributed by atoms with E-state index >= 15 is 0 Å². The second-order valence-electron chi connectivity index (χ2n) is 4.73. The van der Waals surface area contributed by atoms with Gasteiger partial charge in [-0.1, -0.05) is 57.0 Å². The molecule has 1 nitrogen and oxygen atoms in total. The molecule has 2 aromatic carbocycles. The van der Waals surface area contributed by atoms with E-state index < -0.39 is 0 Å². The van der Waals surface area contributed by atoms with E-state index in [1.54, 1.807) is 0 Å². The molecule has 1 radical (unpaired) electrons. The molecule has 0 heterocycles. The van der Waals surface area contributed by atoms with Gasteiger partial charge in [0.25, 0.3) is 0 Å². The van der Waals surface area contributed by atoms with Crippen LogP contribution in [0.4, 0.5) is 0 Å². The van der Waals surface area contributed by atoms with Gasteiger partial charge in [-0.3, -0.25) is 0 Å². The molecular formula is C18H21O. The number of hydrogen-bond acceptors (Lipinski definition) is 1. The van der Waals surface area contributed by atoms with E-state index in [1.165, 1.54) is 11.1 Å². The van der Waals surface area contributed by atoms with Crippen LogP contribution in [-0.4, -0.2) is 0 Å². The summed E-state index contributed by atoms with van der Waals surface area (Å²) in [7, 11) is 0. The largest absolute Gasteiger partial charge is 0.456 e. The lowest BCUT2D eigenvalue weighted by Gasteiger charge is -2.14. The van der Waals surface area contributed by atoms with Crippen molar-refractivity contribution in [2.45, 2.75) is 39.5 Å². The van der Waals surface area contributed by atoms with Crippen LogP contribution in [0.3, 0.4) is 0 Å². The molecule has 0 saturated heterocycles. The lowest BCUT2D eigenvalue weighted by molar-refractivity contribution is 0.473. The second kappa shape index (κ2) is 6.98. The Kier molecular flexibility index (Phi) is 5.02. The molecule has 0 saturated carbocycles. The SMILES string of the molecule is CCCc1cc[c]c(Oc2ccccc2)c1CCC. The number of rotatable bonds is 6. The van der Waals surface area contributed by atoms with Gasteiger partial charge in [-0.25, -0.2) is 0 Å². The first-order valence-corrected chi connectivity index (χ1v) is 7.10. The number of para-hydroxylation sites is 1. The lowest BCUT2D eigenvalue weighted by Crippen LogP contribution is -1.98. The molecule has 0 amide bonds. The summed E-state index contributed by atoms with van der Waals surface area (Å²) < 4.78 is 5.99. The summed E-state index contributed by atoms with van der Waals surface area (Å²) >= 11 is 0. The van der Waals surface area contributed by atoms with E-state index in [9.17, 15) is 0 Å². The maximum Gasteiger partial charge on any atom is 0.138 e. The molecule has 0 aliphatic heterocycles. The number of benzene rings is 2. The number of aryl methyl sites for hydroxylation is 1. The fraction of sp³-hybridized carbons (Fsp3) is 0.333. The molecule has 1 heteroatoms. The van der Waals surface area contributed by atoms with Gasteiger partial charge in [0.15, 0.2) is 0 Å². The predicted octanol–water partition coefficient (Wildman–Crippen LogP) is 5.18. The Morgan fingerprint density at radius 2 is 1.68 bits per heavy atom. The van der Waals surface area contributed by atoms with Crippen LogP contribution < -0.4 is 4.74 Å². The minimum Gasteiger partial charge on any atom is -0.456 e. The van der Waals surface area contributed by atoms with Crippen LogP contribution in [0, 0.1) is 6.07 Å². The Bertz CT molecular complexity index is 502. The molecule has 0 bridgehead atoms. The van der Waals surface area contributed by atoms with Gasteiger partial charge in [-0.15, -0.1) is 0 Å². The fourth-order valence-corrected chi connectivity index (χ4v) is 2.28. The van der Waals surface area contributed by atoms with E-state index in [0.29, 0.717) is 0 Å². The maximum atomic E-state index is 5.99. The molecule has 2 aromatic rings. The summed E-state index contributed by atoms with van der Waals surface area (Å²) in [6, 6.07) is 17.3. The molecule has 0 atom stereocenters. The first-order chi connectivity index (χ1) is 9.35. The third kappa shape index (κ3) is 3.60. The minimum absolute atomic E-state index is 0.879. The van der Waals surface area contributed by atoms with Gasteiger partial charge in [0.05, 0.1) is 0 Å². The highest BCUT2D eigenvalue weighted by atomic mass is 16.5. The molecule has 0 aliphatic rings. The number of ether oxygens (including phenoxy) is 1. The Morgan fingerprint density at radius 3 is 2.37 bits per heavy atom. The molecule has 0 fully saturated rings. The second-order valence-corrected chi connectivity index (χ2v) is 4.73. The maximum absolute atomic E-state index is 5.99. The summed E-state index contributed by atoms with van der Waals surface area (Å²) in [5.74, 6) is 1.77. The van der Waals surface area contributed by atoms with Gasteiger partial charge in [0, 0.05) is 6.07 Å². The molecule has 19 heavy (non-hydrogen) atoms. The van der Waals surface area contributed by atoms with Crippen LogP contribution in [0.2, 0.25) is 0 Å². The molecule has 0 aromatic heterocycles. The third-order valence-corrected chi connectivity index (χ3v) is 3.14. The molecule has 0 aliphatic carbocycles. The highest BCUT2D eigenvalue weighted by molar-refractivity contribution is 5.42. The molecule has 99 valence electrons. The van der Waals surface area contributed by atoms with Crippen molar-refractivity contribution in [2.24, 2.45) is 0 Å². The van der Waals surface area contributed by atoms with Crippen LogP contribution in [0.25, 0.3) is 0 Å². The zero-order chi connectivity index (χ0) is 13.5. The van der Waals surface area contributed by atoms with Gasteiger partial charge in [0.1, 0.15) is 11.5 Å². The highest BCUT2D eigenvalue weighted by Gasteiger charge is 2.09. The third-order valence-electron chi connectivity index (χ3n) is 3.14. The Hall–Kier alpha value is -1.76. The van der Waals surface area contributed by atoms with Crippen LogP contribution in [0.15, 0.2) is 42.5 Å². The summed E-state index contributed by atoms with van der Waals surface area (Å²) in [5, 5.41) is 0. The molecule has 0 unspecified atom stereocenters. The highest BCUT2D eigenvalue weighted by Crippen LogP contribution is 2.29.